The Balaban J connectivity index is 2.14. The smallest absolute Gasteiger partial charge is 0.261 e. The van der Waals surface area contributed by atoms with Gasteiger partial charge in [0.05, 0.1) is 7.11 Å². The molecule has 2 amide bonds. The molecule has 0 saturated heterocycles. The number of hydrogen-bond donors (Lipinski definition) is 1. The number of nitrogens with one attached hydrogen (secondary N) is 1. The lowest BCUT2D eigenvalue weighted by atomic mass is 10.1. The first-order chi connectivity index (χ1) is 14.3. The van der Waals surface area contributed by atoms with Crippen molar-refractivity contribution >= 4 is 11.8 Å². The molecule has 0 fully saturated rings. The van der Waals surface area contributed by atoms with E-state index in [2.05, 4.69) is 5.32 Å². The minimum atomic E-state index is -0.695. The van der Waals surface area contributed by atoms with Gasteiger partial charge in [-0.1, -0.05) is 26.0 Å². The Kier molecular flexibility index (Phi) is 8.65. The number of carbonyl (C=O) groups excluding carboxylic acids is 2. The Morgan fingerprint density at radius 2 is 1.77 bits per heavy atom. The molecule has 0 spiro atoms. The molecule has 0 saturated carbocycles. The van der Waals surface area contributed by atoms with Crippen molar-refractivity contribution in [2.45, 2.75) is 33.4 Å². The third-order valence-corrected chi connectivity index (χ3v) is 4.51. The largest absolute Gasteiger partial charge is 0.497 e. The van der Waals surface area contributed by atoms with Crippen molar-refractivity contribution in [3.05, 3.63) is 59.9 Å². The predicted molar refractivity (Wildman–Crippen MR) is 113 cm³/mol. The maximum Gasteiger partial charge on any atom is 0.261 e. The zero-order valence-corrected chi connectivity index (χ0v) is 17.9. The van der Waals surface area contributed by atoms with Gasteiger partial charge in [0, 0.05) is 13.1 Å². The van der Waals surface area contributed by atoms with Gasteiger partial charge in [-0.2, -0.15) is 0 Å². The van der Waals surface area contributed by atoms with Crippen LogP contribution in [0.5, 0.6) is 11.5 Å². The number of ether oxygens (including phenoxy) is 2. The zero-order chi connectivity index (χ0) is 22.1. The summed E-state index contributed by atoms with van der Waals surface area (Å²) in [4.78, 5) is 27.0. The summed E-state index contributed by atoms with van der Waals surface area (Å²) in [5.74, 6) is 0.368. The van der Waals surface area contributed by atoms with Crippen molar-refractivity contribution in [2.24, 2.45) is 5.92 Å². The number of carbonyl (C=O) groups is 2. The molecular formula is C23H29FN2O4. The second kappa shape index (κ2) is 11.2. The van der Waals surface area contributed by atoms with Crippen LogP contribution in [-0.2, 0) is 16.1 Å². The maximum absolute atomic E-state index is 13.1. The van der Waals surface area contributed by atoms with E-state index >= 15 is 0 Å². The van der Waals surface area contributed by atoms with Crippen LogP contribution < -0.4 is 14.8 Å². The first kappa shape index (κ1) is 23.2. The summed E-state index contributed by atoms with van der Waals surface area (Å²) >= 11 is 0. The molecule has 0 aromatic heterocycles. The molecule has 1 unspecified atom stereocenters. The first-order valence-electron chi connectivity index (χ1n) is 9.88. The molecule has 162 valence electrons. The van der Waals surface area contributed by atoms with E-state index < -0.39 is 6.04 Å². The highest BCUT2D eigenvalue weighted by Crippen LogP contribution is 2.17. The van der Waals surface area contributed by atoms with Crippen LogP contribution in [0.25, 0.3) is 0 Å². The Bertz CT molecular complexity index is 839. The highest BCUT2D eigenvalue weighted by Gasteiger charge is 2.26. The quantitative estimate of drug-likeness (QED) is 0.645. The fraction of sp³-hybridized carbons (Fsp3) is 0.391. The standard InChI is InChI=1S/C23H29FN2O4/c1-16(2)13-25-23(28)17(3)26(14-18-6-5-7-21(12-18)29-4)22(27)15-30-20-10-8-19(24)9-11-20/h5-12,16-17H,13-15H2,1-4H3,(H,25,28). The van der Waals surface area contributed by atoms with Gasteiger partial charge in [0.2, 0.25) is 5.91 Å². The van der Waals surface area contributed by atoms with Gasteiger partial charge in [-0.05, 0) is 54.8 Å². The number of rotatable bonds is 10. The number of nitrogens with zero attached hydrogens (tertiary/aromatic N) is 1. The van der Waals surface area contributed by atoms with Gasteiger partial charge in [-0.15, -0.1) is 0 Å². The Morgan fingerprint density at radius 1 is 1.07 bits per heavy atom. The molecule has 1 atom stereocenters. The number of methoxy groups -OCH3 is 1. The average molecular weight is 416 g/mol. The number of amides is 2. The van der Waals surface area contributed by atoms with Crippen molar-refractivity contribution in [3.8, 4) is 11.5 Å². The summed E-state index contributed by atoms with van der Waals surface area (Å²) in [7, 11) is 1.57. The molecule has 30 heavy (non-hydrogen) atoms. The summed E-state index contributed by atoms with van der Waals surface area (Å²) < 4.78 is 23.8. The third-order valence-electron chi connectivity index (χ3n) is 4.51. The van der Waals surface area contributed by atoms with Crippen molar-refractivity contribution in [2.75, 3.05) is 20.3 Å². The monoisotopic (exact) mass is 416 g/mol. The van der Waals surface area contributed by atoms with Crippen molar-refractivity contribution in [3.63, 3.8) is 0 Å². The molecular weight excluding hydrogens is 387 g/mol. The van der Waals surface area contributed by atoms with Crippen LogP contribution in [0.2, 0.25) is 0 Å². The predicted octanol–water partition coefficient (Wildman–Crippen LogP) is 3.40. The van der Waals surface area contributed by atoms with Gasteiger partial charge < -0.3 is 19.7 Å². The topological polar surface area (TPSA) is 67.9 Å². The van der Waals surface area contributed by atoms with Gasteiger partial charge in [0.25, 0.3) is 5.91 Å². The van der Waals surface area contributed by atoms with Gasteiger partial charge in [-0.25, -0.2) is 4.39 Å². The summed E-state index contributed by atoms with van der Waals surface area (Å²) in [6.07, 6.45) is 0. The van der Waals surface area contributed by atoms with E-state index in [1.807, 2.05) is 38.1 Å². The zero-order valence-electron chi connectivity index (χ0n) is 17.9. The highest BCUT2D eigenvalue weighted by molar-refractivity contribution is 5.87. The Labute approximate surface area is 177 Å². The second-order valence-electron chi connectivity index (χ2n) is 7.43. The van der Waals surface area contributed by atoms with E-state index in [0.29, 0.717) is 24.0 Å². The lowest BCUT2D eigenvalue weighted by Gasteiger charge is -2.29. The summed E-state index contributed by atoms with van der Waals surface area (Å²) in [6, 6.07) is 12.1. The fourth-order valence-electron chi connectivity index (χ4n) is 2.76. The fourth-order valence-corrected chi connectivity index (χ4v) is 2.76. The molecule has 6 nitrogen and oxygen atoms in total. The molecule has 0 heterocycles. The summed E-state index contributed by atoms with van der Waals surface area (Å²) in [6.45, 7) is 6.17. The number of benzene rings is 2. The molecule has 1 N–H and O–H groups in total. The number of halogens is 1. The average Bonchev–Trinajstić information content (AvgIpc) is 2.74. The summed E-state index contributed by atoms with van der Waals surface area (Å²) in [5.41, 5.74) is 0.827. The first-order valence-corrected chi connectivity index (χ1v) is 9.88. The van der Waals surface area contributed by atoms with E-state index in [9.17, 15) is 14.0 Å². The minimum Gasteiger partial charge on any atom is -0.497 e. The molecule has 0 radical (unpaired) electrons. The summed E-state index contributed by atoms with van der Waals surface area (Å²) in [5, 5.41) is 2.87. The van der Waals surface area contributed by atoms with Crippen LogP contribution in [0.3, 0.4) is 0 Å². The molecule has 0 aliphatic heterocycles. The molecule has 0 aliphatic carbocycles. The van der Waals surface area contributed by atoms with Crippen LogP contribution in [0.15, 0.2) is 48.5 Å². The van der Waals surface area contributed by atoms with Gasteiger partial charge in [-0.3, -0.25) is 9.59 Å². The van der Waals surface area contributed by atoms with E-state index in [-0.39, 0.29) is 30.8 Å². The maximum atomic E-state index is 13.1. The molecule has 0 aliphatic rings. The number of hydrogen-bond acceptors (Lipinski definition) is 4. The van der Waals surface area contributed by atoms with Crippen LogP contribution in [0.1, 0.15) is 26.3 Å². The van der Waals surface area contributed by atoms with Gasteiger partial charge in [0.1, 0.15) is 23.4 Å². The van der Waals surface area contributed by atoms with E-state index in [0.717, 1.165) is 5.56 Å². The minimum absolute atomic E-state index is 0.221. The van der Waals surface area contributed by atoms with Crippen molar-refractivity contribution in [1.82, 2.24) is 10.2 Å². The highest BCUT2D eigenvalue weighted by atomic mass is 19.1. The molecule has 2 rings (SSSR count). The van der Waals surface area contributed by atoms with E-state index in [1.165, 1.54) is 29.2 Å². The Hall–Kier alpha value is -3.09. The van der Waals surface area contributed by atoms with Gasteiger partial charge in [0.15, 0.2) is 6.61 Å². The lowest BCUT2D eigenvalue weighted by molar-refractivity contribution is -0.142. The third kappa shape index (κ3) is 7.06. The molecule has 0 bridgehead atoms. The SMILES string of the molecule is COc1cccc(CN(C(=O)COc2ccc(F)cc2)C(C)C(=O)NCC(C)C)c1. The molecule has 2 aromatic carbocycles. The van der Waals surface area contributed by atoms with Crippen molar-refractivity contribution in [1.29, 1.82) is 0 Å². The lowest BCUT2D eigenvalue weighted by Crippen LogP contribution is -2.49. The second-order valence-corrected chi connectivity index (χ2v) is 7.43. The van der Waals surface area contributed by atoms with Crippen molar-refractivity contribution < 1.29 is 23.5 Å². The normalized spacial score (nSPS) is 11.7. The van der Waals surface area contributed by atoms with Crippen LogP contribution >= 0.6 is 0 Å². The Morgan fingerprint density at radius 3 is 2.40 bits per heavy atom. The van der Waals surface area contributed by atoms with Gasteiger partial charge >= 0.3 is 0 Å². The molecule has 2 aromatic rings. The van der Waals surface area contributed by atoms with E-state index in [4.69, 9.17) is 9.47 Å². The molecule has 7 heteroatoms. The van der Waals surface area contributed by atoms with Crippen LogP contribution in [0, 0.1) is 11.7 Å². The van der Waals surface area contributed by atoms with E-state index in [1.54, 1.807) is 14.0 Å². The van der Waals surface area contributed by atoms with Crippen LogP contribution in [-0.4, -0.2) is 43.0 Å². The van der Waals surface area contributed by atoms with Crippen LogP contribution in [0.4, 0.5) is 4.39 Å².